The van der Waals surface area contributed by atoms with Crippen molar-refractivity contribution in [2.24, 2.45) is 5.73 Å². The third kappa shape index (κ3) is 3.61. The third-order valence-corrected chi connectivity index (χ3v) is 2.08. The Balaban J connectivity index is 3.10. The molecule has 0 saturated carbocycles. The lowest BCUT2D eigenvalue weighted by Gasteiger charge is -2.22. The number of anilines is 1. The van der Waals surface area contributed by atoms with Crippen molar-refractivity contribution >= 4 is 11.7 Å². The van der Waals surface area contributed by atoms with Gasteiger partial charge in [0.2, 0.25) is 0 Å². The van der Waals surface area contributed by atoms with Crippen molar-refractivity contribution < 1.29 is 13.2 Å². The molecule has 1 heterocycles. The van der Waals surface area contributed by atoms with Crippen molar-refractivity contribution in [2.45, 2.75) is 13.1 Å². The number of amidine groups is 1. The molecule has 0 atom stereocenters. The van der Waals surface area contributed by atoms with Gasteiger partial charge in [-0.1, -0.05) is 0 Å². The summed E-state index contributed by atoms with van der Waals surface area (Å²) in [7, 11) is 1.27. The lowest BCUT2D eigenvalue weighted by molar-refractivity contribution is -0.119. The summed E-state index contributed by atoms with van der Waals surface area (Å²) in [6, 6.07) is 3.09. The van der Waals surface area contributed by atoms with Gasteiger partial charge in [0.15, 0.2) is 0 Å². The molecule has 0 fully saturated rings. The van der Waals surface area contributed by atoms with Crippen molar-refractivity contribution in [2.75, 3.05) is 18.5 Å². The largest absolute Gasteiger partial charge is 0.405 e. The fraction of sp³-hybridized carbons (Fsp3) is 0.400. The highest BCUT2D eigenvalue weighted by Crippen LogP contribution is 2.22. The summed E-state index contributed by atoms with van der Waals surface area (Å²) >= 11 is 0. The highest BCUT2D eigenvalue weighted by Gasteiger charge is 2.30. The Hall–Kier alpha value is -1.79. The van der Waals surface area contributed by atoms with E-state index in [9.17, 15) is 13.2 Å². The van der Waals surface area contributed by atoms with Gasteiger partial charge in [-0.2, -0.15) is 13.2 Å². The predicted octanol–water partition coefficient (Wildman–Crippen LogP) is 1.67. The molecule has 0 saturated heterocycles. The molecule has 0 aliphatic carbocycles. The van der Waals surface area contributed by atoms with Gasteiger partial charge < -0.3 is 10.6 Å². The maximum absolute atomic E-state index is 12.3. The summed E-state index contributed by atoms with van der Waals surface area (Å²) in [5.41, 5.74) is 6.07. The Bertz CT molecular complexity index is 428. The summed E-state index contributed by atoms with van der Waals surface area (Å²) in [6.45, 7) is 0.526. The van der Waals surface area contributed by atoms with Crippen LogP contribution < -0.4 is 10.6 Å². The van der Waals surface area contributed by atoms with Gasteiger partial charge in [-0.15, -0.1) is 0 Å². The predicted molar refractivity (Wildman–Crippen MR) is 59.3 cm³/mol. The van der Waals surface area contributed by atoms with E-state index < -0.39 is 12.7 Å². The quantitative estimate of drug-likeness (QED) is 0.629. The number of halogens is 3. The van der Waals surface area contributed by atoms with Gasteiger partial charge in [0.1, 0.15) is 18.2 Å². The number of pyridine rings is 1. The highest BCUT2D eigenvalue weighted by molar-refractivity contribution is 5.99. The minimum absolute atomic E-state index is 0.0647. The normalized spacial score (nSPS) is 11.4. The molecule has 0 aromatic carbocycles. The van der Waals surface area contributed by atoms with Crippen LogP contribution in [0.5, 0.6) is 0 Å². The molecule has 94 valence electrons. The van der Waals surface area contributed by atoms with Crippen molar-refractivity contribution in [3.63, 3.8) is 0 Å². The maximum Gasteiger partial charge on any atom is 0.405 e. The van der Waals surface area contributed by atoms with Crippen LogP contribution in [-0.4, -0.2) is 30.6 Å². The summed E-state index contributed by atoms with van der Waals surface area (Å²) < 4.78 is 36.8. The molecule has 0 unspecified atom stereocenters. The molecule has 0 amide bonds. The minimum atomic E-state index is -4.33. The molecule has 0 bridgehead atoms. The molecule has 1 aromatic heterocycles. The van der Waals surface area contributed by atoms with E-state index in [2.05, 4.69) is 4.98 Å². The Morgan fingerprint density at radius 2 is 2.06 bits per heavy atom. The molecule has 17 heavy (non-hydrogen) atoms. The Labute approximate surface area is 96.8 Å². The van der Waals surface area contributed by atoms with Crippen molar-refractivity contribution in [3.05, 3.63) is 23.4 Å². The van der Waals surface area contributed by atoms with Crippen LogP contribution in [0.3, 0.4) is 0 Å². The molecule has 4 nitrogen and oxygen atoms in total. The second-order valence-electron chi connectivity index (χ2n) is 3.71. The number of aromatic nitrogens is 1. The smallest absolute Gasteiger partial charge is 0.384 e. The lowest BCUT2D eigenvalue weighted by atomic mass is 10.2. The van der Waals surface area contributed by atoms with Crippen LogP contribution in [0, 0.1) is 12.3 Å². The van der Waals surface area contributed by atoms with Gasteiger partial charge in [0.25, 0.3) is 0 Å². The summed E-state index contributed by atoms with van der Waals surface area (Å²) in [4.78, 5) is 4.92. The number of nitrogens with one attached hydrogen (secondary N) is 1. The van der Waals surface area contributed by atoms with Crippen LogP contribution in [0.25, 0.3) is 0 Å². The number of rotatable bonds is 3. The second kappa shape index (κ2) is 4.60. The third-order valence-electron chi connectivity index (χ3n) is 2.08. The molecular formula is C10H13F3N4. The van der Waals surface area contributed by atoms with Crippen molar-refractivity contribution in [1.29, 1.82) is 5.41 Å². The van der Waals surface area contributed by atoms with Crippen LogP contribution in [-0.2, 0) is 0 Å². The molecule has 7 heteroatoms. The molecule has 0 aliphatic heterocycles. The Kier molecular flexibility index (Phi) is 3.59. The van der Waals surface area contributed by atoms with Crippen LogP contribution in [0.4, 0.5) is 19.0 Å². The van der Waals surface area contributed by atoms with Gasteiger partial charge in [0, 0.05) is 12.7 Å². The van der Waals surface area contributed by atoms with Gasteiger partial charge in [-0.3, -0.25) is 5.41 Å². The monoisotopic (exact) mass is 246 g/mol. The zero-order chi connectivity index (χ0) is 13.2. The summed E-state index contributed by atoms with van der Waals surface area (Å²) in [5.74, 6) is -0.239. The lowest BCUT2D eigenvalue weighted by Crippen LogP contribution is -2.33. The van der Waals surface area contributed by atoms with E-state index in [-0.39, 0.29) is 17.2 Å². The number of hydrogen-bond donors (Lipinski definition) is 2. The number of aryl methyl sites for hydroxylation is 1. The molecule has 3 N–H and O–H groups in total. The highest BCUT2D eigenvalue weighted by atomic mass is 19.4. The first-order valence-corrected chi connectivity index (χ1v) is 4.80. The minimum Gasteiger partial charge on any atom is -0.384 e. The van der Waals surface area contributed by atoms with Crippen LogP contribution in [0.2, 0.25) is 0 Å². The first kappa shape index (κ1) is 13.3. The maximum atomic E-state index is 12.3. The molecular weight excluding hydrogens is 233 g/mol. The van der Waals surface area contributed by atoms with E-state index >= 15 is 0 Å². The zero-order valence-electron chi connectivity index (χ0n) is 9.47. The second-order valence-corrected chi connectivity index (χ2v) is 3.71. The van der Waals surface area contributed by atoms with E-state index in [0.717, 1.165) is 4.90 Å². The van der Waals surface area contributed by atoms with E-state index in [1.807, 2.05) is 0 Å². The van der Waals surface area contributed by atoms with Gasteiger partial charge in [-0.05, 0) is 19.1 Å². The molecule has 0 spiro atoms. The van der Waals surface area contributed by atoms with Gasteiger partial charge in [0.05, 0.1) is 5.56 Å². The number of nitrogens with two attached hydrogens (primary N) is 1. The average Bonchev–Trinajstić information content (AvgIpc) is 2.14. The van der Waals surface area contributed by atoms with Crippen molar-refractivity contribution in [3.8, 4) is 0 Å². The molecule has 1 aromatic rings. The Morgan fingerprint density at radius 1 is 1.47 bits per heavy atom. The molecule has 0 radical (unpaired) electrons. The first-order chi connectivity index (χ1) is 7.70. The molecule has 1 rings (SSSR count). The van der Waals surface area contributed by atoms with E-state index in [1.165, 1.54) is 13.1 Å². The topological polar surface area (TPSA) is 66.0 Å². The van der Waals surface area contributed by atoms with E-state index in [0.29, 0.717) is 5.69 Å². The van der Waals surface area contributed by atoms with Gasteiger partial charge in [-0.25, -0.2) is 4.98 Å². The Morgan fingerprint density at radius 3 is 2.53 bits per heavy atom. The fourth-order valence-corrected chi connectivity index (χ4v) is 1.39. The zero-order valence-corrected chi connectivity index (χ0v) is 9.47. The average molecular weight is 246 g/mol. The first-order valence-electron chi connectivity index (χ1n) is 4.80. The number of nitrogen functional groups attached to an aromatic ring is 1. The number of nitrogens with zero attached hydrogens (tertiary/aromatic N) is 2. The van der Waals surface area contributed by atoms with E-state index in [1.54, 1.807) is 13.0 Å². The fourth-order valence-electron chi connectivity index (χ4n) is 1.39. The summed E-state index contributed by atoms with van der Waals surface area (Å²) in [6.07, 6.45) is -4.33. The standard InChI is InChI=1S/C10H13F3N4/c1-6-3-4-7(8(14)15)9(16-6)17(2)5-10(11,12)13/h3-4H,5H2,1-2H3,(H3,14,15). The van der Waals surface area contributed by atoms with Gasteiger partial charge >= 0.3 is 6.18 Å². The number of alkyl halides is 3. The van der Waals surface area contributed by atoms with Crippen LogP contribution in [0.15, 0.2) is 12.1 Å². The molecule has 0 aliphatic rings. The van der Waals surface area contributed by atoms with Crippen LogP contribution in [0.1, 0.15) is 11.3 Å². The SMILES string of the molecule is Cc1ccc(C(=N)N)c(N(C)CC(F)(F)F)n1. The summed E-state index contributed by atoms with van der Waals surface area (Å²) in [5, 5.41) is 7.30. The van der Waals surface area contributed by atoms with Crippen molar-refractivity contribution in [1.82, 2.24) is 4.98 Å². The van der Waals surface area contributed by atoms with Crippen LogP contribution >= 0.6 is 0 Å². The number of hydrogen-bond acceptors (Lipinski definition) is 3. The van der Waals surface area contributed by atoms with E-state index in [4.69, 9.17) is 11.1 Å².